The molecule has 0 aromatic heterocycles. The third-order valence-electron chi connectivity index (χ3n) is 5.66. The van der Waals surface area contributed by atoms with Gasteiger partial charge < -0.3 is 9.84 Å². The first kappa shape index (κ1) is 26.2. The van der Waals surface area contributed by atoms with Crippen LogP contribution in [-0.2, 0) is 4.74 Å². The third-order valence-corrected chi connectivity index (χ3v) is 5.66. The summed E-state index contributed by atoms with van der Waals surface area (Å²) in [5, 5.41) is 9.30. The van der Waals surface area contributed by atoms with Gasteiger partial charge in [0, 0.05) is 0 Å². The fraction of sp³-hybridized carbons (Fsp3) is 0.692. The van der Waals surface area contributed by atoms with Crippen LogP contribution in [0.5, 0.6) is 0 Å². The predicted octanol–water partition coefficient (Wildman–Crippen LogP) is 7.80. The summed E-state index contributed by atoms with van der Waals surface area (Å²) in [6, 6.07) is 6.28. The monoisotopic (exact) mass is 418 g/mol. The maximum absolute atomic E-state index is 12.6. The van der Waals surface area contributed by atoms with E-state index in [2.05, 4.69) is 13.8 Å². The SMILES string of the molecule is CCCCCCCCCCCCCC(CCCC)OC(=O)c1ccccc1C(=O)O. The van der Waals surface area contributed by atoms with Crippen LogP contribution >= 0.6 is 0 Å². The number of carbonyl (C=O) groups excluding carboxylic acids is 1. The number of ether oxygens (including phenoxy) is 1. The van der Waals surface area contributed by atoms with Crippen molar-refractivity contribution in [2.24, 2.45) is 0 Å². The fourth-order valence-electron chi connectivity index (χ4n) is 3.79. The average Bonchev–Trinajstić information content (AvgIpc) is 2.75. The zero-order chi connectivity index (χ0) is 22.0. The van der Waals surface area contributed by atoms with E-state index in [0.29, 0.717) is 0 Å². The molecule has 0 saturated heterocycles. The van der Waals surface area contributed by atoms with Crippen LogP contribution in [0.15, 0.2) is 24.3 Å². The minimum absolute atomic E-state index is 0.00596. The Balaban J connectivity index is 2.32. The lowest BCUT2D eigenvalue weighted by molar-refractivity contribution is 0.0245. The molecule has 1 N–H and O–H groups in total. The summed E-state index contributed by atoms with van der Waals surface area (Å²) in [6.45, 7) is 4.38. The van der Waals surface area contributed by atoms with Gasteiger partial charge in [0.25, 0.3) is 0 Å². The molecule has 30 heavy (non-hydrogen) atoms. The van der Waals surface area contributed by atoms with E-state index in [1.54, 1.807) is 12.1 Å². The van der Waals surface area contributed by atoms with Crippen LogP contribution in [-0.4, -0.2) is 23.1 Å². The number of aromatic carboxylic acids is 1. The van der Waals surface area contributed by atoms with Crippen molar-refractivity contribution in [2.75, 3.05) is 0 Å². The lowest BCUT2D eigenvalue weighted by Crippen LogP contribution is -2.20. The molecule has 1 aromatic carbocycles. The number of hydrogen-bond acceptors (Lipinski definition) is 3. The van der Waals surface area contributed by atoms with Gasteiger partial charge in [-0.3, -0.25) is 0 Å². The number of esters is 1. The average molecular weight is 419 g/mol. The molecule has 0 aliphatic carbocycles. The standard InChI is InChI=1S/C26H42O4/c1-3-5-7-8-9-10-11-12-13-14-15-19-22(18-6-4-2)30-26(29)24-21-17-16-20-23(24)25(27)28/h16-17,20-22H,3-15,18-19H2,1-2H3,(H,27,28). The van der Waals surface area contributed by atoms with Gasteiger partial charge in [0.1, 0.15) is 6.10 Å². The Morgan fingerprint density at radius 3 is 1.73 bits per heavy atom. The third kappa shape index (κ3) is 11.4. The molecule has 1 unspecified atom stereocenters. The first-order valence-electron chi connectivity index (χ1n) is 12.1. The van der Waals surface area contributed by atoms with Gasteiger partial charge in [0.2, 0.25) is 0 Å². The number of unbranched alkanes of at least 4 members (excludes halogenated alkanes) is 11. The van der Waals surface area contributed by atoms with Crippen molar-refractivity contribution in [3.05, 3.63) is 35.4 Å². The Bertz CT molecular complexity index is 596. The molecular formula is C26H42O4. The van der Waals surface area contributed by atoms with Crippen LogP contribution in [0, 0.1) is 0 Å². The van der Waals surface area contributed by atoms with Crippen molar-refractivity contribution >= 4 is 11.9 Å². The molecule has 1 aromatic rings. The van der Waals surface area contributed by atoms with E-state index in [1.165, 1.54) is 76.3 Å². The molecule has 1 atom stereocenters. The van der Waals surface area contributed by atoms with Crippen molar-refractivity contribution in [1.29, 1.82) is 0 Å². The van der Waals surface area contributed by atoms with Crippen LogP contribution in [0.4, 0.5) is 0 Å². The molecule has 0 bridgehead atoms. The number of hydrogen-bond donors (Lipinski definition) is 1. The van der Waals surface area contributed by atoms with Gasteiger partial charge in [-0.2, -0.15) is 0 Å². The Morgan fingerprint density at radius 2 is 1.20 bits per heavy atom. The predicted molar refractivity (Wildman–Crippen MR) is 123 cm³/mol. The molecule has 0 saturated carbocycles. The smallest absolute Gasteiger partial charge is 0.339 e. The van der Waals surface area contributed by atoms with Crippen molar-refractivity contribution in [3.8, 4) is 0 Å². The molecule has 1 rings (SSSR count). The van der Waals surface area contributed by atoms with E-state index in [4.69, 9.17) is 4.74 Å². The number of rotatable bonds is 18. The molecule has 0 aliphatic rings. The minimum Gasteiger partial charge on any atom is -0.478 e. The van der Waals surface area contributed by atoms with Crippen molar-refractivity contribution in [1.82, 2.24) is 0 Å². The summed E-state index contributed by atoms with van der Waals surface area (Å²) >= 11 is 0. The summed E-state index contributed by atoms with van der Waals surface area (Å²) in [4.78, 5) is 23.9. The quantitative estimate of drug-likeness (QED) is 0.195. The second-order valence-electron chi connectivity index (χ2n) is 8.34. The molecule has 0 amide bonds. The van der Waals surface area contributed by atoms with Crippen molar-refractivity contribution in [2.45, 2.75) is 116 Å². The highest BCUT2D eigenvalue weighted by Crippen LogP contribution is 2.19. The highest BCUT2D eigenvalue weighted by atomic mass is 16.5. The van der Waals surface area contributed by atoms with Gasteiger partial charge in [0.05, 0.1) is 11.1 Å². The van der Waals surface area contributed by atoms with Gasteiger partial charge >= 0.3 is 11.9 Å². The van der Waals surface area contributed by atoms with Crippen LogP contribution in [0.3, 0.4) is 0 Å². The van der Waals surface area contributed by atoms with Gasteiger partial charge in [0.15, 0.2) is 0 Å². The molecule has 4 nitrogen and oxygen atoms in total. The van der Waals surface area contributed by atoms with E-state index in [-0.39, 0.29) is 17.2 Å². The Labute approximate surface area is 183 Å². The minimum atomic E-state index is -1.10. The normalized spacial score (nSPS) is 11.9. The second kappa shape index (κ2) is 16.9. The Kier molecular flexibility index (Phi) is 14.8. The van der Waals surface area contributed by atoms with Crippen molar-refractivity contribution < 1.29 is 19.4 Å². The number of carboxylic acid groups (broad SMARTS) is 1. The summed E-state index contributed by atoms with van der Waals surface area (Å²) in [5.41, 5.74) is 0.150. The maximum atomic E-state index is 12.6. The molecule has 0 aliphatic heterocycles. The van der Waals surface area contributed by atoms with E-state index in [1.807, 2.05) is 0 Å². The number of carboxylic acids is 1. The first-order valence-corrected chi connectivity index (χ1v) is 12.1. The van der Waals surface area contributed by atoms with Gasteiger partial charge in [-0.25, -0.2) is 9.59 Å². The fourth-order valence-corrected chi connectivity index (χ4v) is 3.79. The van der Waals surface area contributed by atoms with Crippen LogP contribution in [0.1, 0.15) is 131 Å². The Morgan fingerprint density at radius 1 is 0.733 bits per heavy atom. The highest BCUT2D eigenvalue weighted by molar-refractivity contribution is 6.02. The molecule has 0 radical (unpaired) electrons. The van der Waals surface area contributed by atoms with Crippen LogP contribution in [0.25, 0.3) is 0 Å². The molecule has 170 valence electrons. The molecular weight excluding hydrogens is 376 g/mol. The van der Waals surface area contributed by atoms with Gasteiger partial charge in [-0.05, 0) is 31.4 Å². The lowest BCUT2D eigenvalue weighted by atomic mass is 10.0. The topological polar surface area (TPSA) is 63.6 Å². The zero-order valence-corrected chi connectivity index (χ0v) is 19.2. The Hall–Kier alpha value is -1.84. The van der Waals surface area contributed by atoms with Gasteiger partial charge in [-0.1, -0.05) is 103 Å². The summed E-state index contributed by atoms with van der Waals surface area (Å²) in [7, 11) is 0. The molecule has 0 heterocycles. The first-order chi connectivity index (χ1) is 14.6. The summed E-state index contributed by atoms with van der Waals surface area (Å²) in [6.07, 6.45) is 17.9. The van der Waals surface area contributed by atoms with E-state index in [0.717, 1.165) is 32.1 Å². The summed E-state index contributed by atoms with van der Waals surface area (Å²) < 4.78 is 5.72. The van der Waals surface area contributed by atoms with E-state index < -0.39 is 11.9 Å². The number of benzene rings is 1. The molecule has 0 spiro atoms. The van der Waals surface area contributed by atoms with Crippen molar-refractivity contribution in [3.63, 3.8) is 0 Å². The maximum Gasteiger partial charge on any atom is 0.339 e. The highest BCUT2D eigenvalue weighted by Gasteiger charge is 2.20. The second-order valence-corrected chi connectivity index (χ2v) is 8.34. The van der Waals surface area contributed by atoms with Gasteiger partial charge in [-0.15, -0.1) is 0 Å². The van der Waals surface area contributed by atoms with Crippen LogP contribution < -0.4 is 0 Å². The molecule has 0 fully saturated rings. The zero-order valence-electron chi connectivity index (χ0n) is 19.2. The largest absolute Gasteiger partial charge is 0.478 e. The number of carbonyl (C=O) groups is 2. The summed E-state index contributed by atoms with van der Waals surface area (Å²) in [5.74, 6) is -1.62. The lowest BCUT2D eigenvalue weighted by Gasteiger charge is -2.18. The van der Waals surface area contributed by atoms with Crippen LogP contribution in [0.2, 0.25) is 0 Å². The van der Waals surface area contributed by atoms with E-state index in [9.17, 15) is 14.7 Å². The molecule has 4 heteroatoms. The van der Waals surface area contributed by atoms with E-state index >= 15 is 0 Å².